The van der Waals surface area contributed by atoms with Crippen LogP contribution >= 0.6 is 12.2 Å². The third-order valence-electron chi connectivity index (χ3n) is 5.92. The first-order valence-corrected chi connectivity index (χ1v) is 13.2. The number of H-pyrrole nitrogens is 1. The van der Waals surface area contributed by atoms with Crippen molar-refractivity contribution in [3.05, 3.63) is 112 Å². The molecule has 2 aromatic heterocycles. The lowest BCUT2D eigenvalue weighted by Crippen LogP contribution is -2.36. The van der Waals surface area contributed by atoms with E-state index in [1.807, 2.05) is 60.7 Å². The minimum absolute atomic E-state index is 0.0926. The molecule has 0 saturated heterocycles. The largest absolute Gasteiger partial charge is 0.440 e. The van der Waals surface area contributed by atoms with Gasteiger partial charge in [0.25, 0.3) is 5.78 Å². The summed E-state index contributed by atoms with van der Waals surface area (Å²) in [5, 5.41) is 2.93. The van der Waals surface area contributed by atoms with Crippen LogP contribution in [0.3, 0.4) is 0 Å². The Morgan fingerprint density at radius 3 is 2.19 bits per heavy atom. The number of sulfone groups is 1. The van der Waals surface area contributed by atoms with E-state index in [0.717, 1.165) is 11.1 Å². The summed E-state index contributed by atoms with van der Waals surface area (Å²) in [6.07, 6.45) is 0. The Balaban J connectivity index is 1.36. The molecule has 1 aliphatic heterocycles. The number of hydrogen-bond donors (Lipinski definition) is 1. The predicted octanol–water partition coefficient (Wildman–Crippen LogP) is 4.74. The van der Waals surface area contributed by atoms with Crippen molar-refractivity contribution in [2.45, 2.75) is 23.4 Å². The summed E-state index contributed by atoms with van der Waals surface area (Å²) in [6.45, 7) is 1.80. The maximum Gasteiger partial charge on any atom is 0.305 e. The minimum Gasteiger partial charge on any atom is -0.440 e. The number of ether oxygens (including phenoxy) is 2. The molecule has 1 N–H and O–H groups in total. The van der Waals surface area contributed by atoms with Gasteiger partial charge in [0.15, 0.2) is 21.3 Å². The lowest BCUT2D eigenvalue weighted by atomic mass is 9.97. The molecule has 36 heavy (non-hydrogen) atoms. The molecule has 1 aliphatic rings. The fraction of sp³-hybridized carbons (Fsp3) is 0.115. The Morgan fingerprint density at radius 1 is 0.889 bits per heavy atom. The number of benzene rings is 3. The zero-order valence-corrected chi connectivity index (χ0v) is 20.7. The Labute approximate surface area is 212 Å². The van der Waals surface area contributed by atoms with Gasteiger partial charge in [0.05, 0.1) is 4.90 Å². The zero-order chi connectivity index (χ0) is 24.9. The van der Waals surface area contributed by atoms with Crippen molar-refractivity contribution in [2.24, 2.45) is 0 Å². The smallest absolute Gasteiger partial charge is 0.305 e. The van der Waals surface area contributed by atoms with E-state index in [4.69, 9.17) is 21.7 Å². The fourth-order valence-corrected chi connectivity index (χ4v) is 5.77. The molecule has 3 aromatic carbocycles. The van der Waals surface area contributed by atoms with E-state index in [1.54, 1.807) is 19.1 Å². The lowest BCUT2D eigenvalue weighted by Gasteiger charge is -2.28. The molecular formula is C26H20N4O4S2. The number of aryl methyl sites for hydroxylation is 1. The van der Waals surface area contributed by atoms with Crippen LogP contribution in [-0.4, -0.2) is 28.0 Å². The second-order valence-corrected chi connectivity index (χ2v) is 10.9. The molecule has 5 aromatic rings. The highest BCUT2D eigenvalue weighted by Crippen LogP contribution is 2.48. The van der Waals surface area contributed by atoms with E-state index in [9.17, 15) is 8.42 Å². The maximum absolute atomic E-state index is 13.3. The molecule has 0 atom stereocenters. The van der Waals surface area contributed by atoms with Crippen molar-refractivity contribution in [1.82, 2.24) is 19.6 Å². The standard InChI is InChI=1S/C26H20N4O4S2/c1-17-14-24(35)30-25(27-17)28-23(29-30)16-36(31,32)20-12-13-21-22(15-20)34-26(33-21,18-8-4-2-5-9-18)19-10-6-3-7-11-19/h2-15H,16H2,1H3,(H,27,28,29). The van der Waals surface area contributed by atoms with Crippen molar-refractivity contribution in [2.75, 3.05) is 0 Å². The van der Waals surface area contributed by atoms with Crippen LogP contribution in [0.25, 0.3) is 5.78 Å². The van der Waals surface area contributed by atoms with Gasteiger partial charge >= 0.3 is 5.79 Å². The molecule has 0 amide bonds. The fourth-order valence-electron chi connectivity index (χ4n) is 4.26. The highest BCUT2D eigenvalue weighted by Gasteiger charge is 2.45. The number of fused-ring (bicyclic) bond motifs is 2. The monoisotopic (exact) mass is 516 g/mol. The highest BCUT2D eigenvalue weighted by molar-refractivity contribution is 7.90. The van der Waals surface area contributed by atoms with Gasteiger partial charge < -0.3 is 9.47 Å². The number of rotatable bonds is 5. The summed E-state index contributed by atoms with van der Waals surface area (Å²) in [4.78, 5) is 8.71. The quantitative estimate of drug-likeness (QED) is 0.337. The van der Waals surface area contributed by atoms with E-state index in [0.29, 0.717) is 27.6 Å². The van der Waals surface area contributed by atoms with Crippen LogP contribution in [0.5, 0.6) is 11.5 Å². The van der Waals surface area contributed by atoms with Crippen LogP contribution < -0.4 is 9.47 Å². The van der Waals surface area contributed by atoms with E-state index in [1.165, 1.54) is 16.6 Å². The number of hydrogen-bond acceptors (Lipinski definition) is 7. The van der Waals surface area contributed by atoms with E-state index >= 15 is 0 Å². The van der Waals surface area contributed by atoms with Crippen molar-refractivity contribution in [3.8, 4) is 11.5 Å². The van der Waals surface area contributed by atoms with Gasteiger partial charge in [-0.25, -0.2) is 17.9 Å². The summed E-state index contributed by atoms with van der Waals surface area (Å²) in [7, 11) is -3.78. The Kier molecular flexibility index (Phi) is 5.16. The van der Waals surface area contributed by atoms with Crippen LogP contribution in [0.15, 0.2) is 89.8 Å². The molecule has 3 heterocycles. The first-order chi connectivity index (χ1) is 17.3. The lowest BCUT2D eigenvalue weighted by molar-refractivity contribution is -0.0459. The van der Waals surface area contributed by atoms with Crippen LogP contribution in [0, 0.1) is 11.6 Å². The van der Waals surface area contributed by atoms with Crippen molar-refractivity contribution in [3.63, 3.8) is 0 Å². The molecule has 8 nitrogen and oxygen atoms in total. The number of aromatic nitrogens is 4. The second-order valence-electron chi connectivity index (χ2n) is 8.46. The topological polar surface area (TPSA) is 98.6 Å². The molecule has 0 radical (unpaired) electrons. The summed E-state index contributed by atoms with van der Waals surface area (Å²) in [6, 6.07) is 25.4. The first kappa shape index (κ1) is 22.4. The van der Waals surface area contributed by atoms with Crippen molar-refractivity contribution in [1.29, 1.82) is 0 Å². The Bertz CT molecular complexity index is 1730. The summed E-state index contributed by atoms with van der Waals surface area (Å²) >= 11 is 5.32. The number of nitrogens with zero attached hydrogens (tertiary/aromatic N) is 3. The molecule has 0 unspecified atom stereocenters. The van der Waals surface area contributed by atoms with Crippen LogP contribution in [0.2, 0.25) is 0 Å². The van der Waals surface area contributed by atoms with Gasteiger partial charge in [0.1, 0.15) is 16.2 Å². The molecule has 0 bridgehead atoms. The van der Waals surface area contributed by atoms with Gasteiger partial charge in [-0.1, -0.05) is 72.9 Å². The molecule has 0 spiro atoms. The molecule has 10 heteroatoms. The second kappa shape index (κ2) is 8.28. The number of aromatic amines is 1. The Morgan fingerprint density at radius 2 is 1.53 bits per heavy atom. The van der Waals surface area contributed by atoms with Gasteiger partial charge in [-0.15, -0.1) is 0 Å². The normalized spacial score (nSPS) is 14.2. The first-order valence-electron chi connectivity index (χ1n) is 11.2. The zero-order valence-electron chi connectivity index (χ0n) is 19.1. The van der Waals surface area contributed by atoms with Gasteiger partial charge in [-0.05, 0) is 25.1 Å². The van der Waals surface area contributed by atoms with E-state index < -0.39 is 15.6 Å². The van der Waals surface area contributed by atoms with E-state index in [2.05, 4.69) is 15.1 Å². The van der Waals surface area contributed by atoms with Crippen molar-refractivity contribution < 1.29 is 17.9 Å². The average Bonchev–Trinajstić information content (AvgIpc) is 3.46. The maximum atomic E-state index is 13.3. The predicted molar refractivity (Wildman–Crippen MR) is 135 cm³/mol. The van der Waals surface area contributed by atoms with Crippen LogP contribution in [0.4, 0.5) is 0 Å². The molecular weight excluding hydrogens is 496 g/mol. The van der Waals surface area contributed by atoms with Gasteiger partial charge in [-0.3, -0.25) is 5.10 Å². The summed E-state index contributed by atoms with van der Waals surface area (Å²) < 4.78 is 41.3. The SMILES string of the molecule is Cc1cc(=S)n2[nH]c(CS(=O)(=O)c3ccc4c(c3)OC(c3ccccc3)(c3ccccc3)O4)nc2n1. The van der Waals surface area contributed by atoms with Crippen LogP contribution in [0.1, 0.15) is 22.6 Å². The van der Waals surface area contributed by atoms with Crippen LogP contribution in [-0.2, 0) is 21.4 Å². The summed E-state index contributed by atoms with van der Waals surface area (Å²) in [5.74, 6) is -0.228. The summed E-state index contributed by atoms with van der Waals surface area (Å²) in [5.41, 5.74) is 2.29. The van der Waals surface area contributed by atoms with Gasteiger partial charge in [-0.2, -0.15) is 4.98 Å². The third-order valence-corrected chi connectivity index (χ3v) is 7.85. The molecule has 6 rings (SSSR count). The third kappa shape index (κ3) is 3.75. The van der Waals surface area contributed by atoms with Gasteiger partial charge in [0.2, 0.25) is 0 Å². The Hall–Kier alpha value is -4.02. The molecule has 0 saturated carbocycles. The molecule has 180 valence electrons. The highest BCUT2D eigenvalue weighted by atomic mass is 32.2. The van der Waals surface area contributed by atoms with E-state index in [-0.39, 0.29) is 16.5 Å². The van der Waals surface area contributed by atoms with Gasteiger partial charge in [0, 0.05) is 22.9 Å². The number of nitrogens with one attached hydrogen (secondary N) is 1. The molecule has 0 fully saturated rings. The average molecular weight is 517 g/mol. The minimum atomic E-state index is -3.78. The molecule has 0 aliphatic carbocycles. The van der Waals surface area contributed by atoms with Crippen molar-refractivity contribution >= 4 is 27.8 Å².